The van der Waals surface area contributed by atoms with Crippen LogP contribution in [0.4, 0.5) is 23.0 Å². The standard InChI is InChI=1S/C14H15N3O.C11H7N3O4S.C10H9NS.C7H6N6O2S.C7H6N2O4S/c1-9(2)16-17-13-5-3-4-10-7-14(18)11(8-15)6-12(10)13;15-11(16)7-3-1-5-12-9(7)19-10-8(14(17)18)4-2-6-13-10;1-7-6-10(12)11-9-5-3-2-4-8(7)9;8-6-10-7(12-11-6)16-5-4(13(14)15)2-1-3-9-5;10-7(11)4-14-6-2-1-5(3-8-6)9(12)13/h6H,3-5,7H2,1-2H3;1-6H,(H,15,16);2-6H,1H3,(H,11,12);1-3H,(H3,8,10,11,12);1-3H,4H2,(H,10,11)/b17-13+;;;;. The number of pyridine rings is 5. The number of fused-ring (bicyclic) bond motifs is 1. The second-order valence-electron chi connectivity index (χ2n) is 15.9. The van der Waals surface area contributed by atoms with E-state index in [0.717, 1.165) is 93.5 Å². The zero-order valence-corrected chi connectivity index (χ0v) is 44.8. The van der Waals surface area contributed by atoms with Crippen LogP contribution in [0.3, 0.4) is 0 Å². The number of carbonyl (C=O) groups is 3. The van der Waals surface area contributed by atoms with Gasteiger partial charge in [-0.15, -0.1) is 5.10 Å². The highest BCUT2D eigenvalue weighted by atomic mass is 32.2. The Morgan fingerprint density at radius 2 is 1.51 bits per heavy atom. The molecule has 0 saturated heterocycles. The summed E-state index contributed by atoms with van der Waals surface area (Å²) in [5.41, 5.74) is 11.4. The lowest BCUT2D eigenvalue weighted by atomic mass is 9.82. The first-order valence-electron chi connectivity index (χ1n) is 22.6. The van der Waals surface area contributed by atoms with Crippen LogP contribution in [-0.4, -0.2) is 100.0 Å². The van der Waals surface area contributed by atoms with Crippen molar-refractivity contribution in [2.45, 2.75) is 71.7 Å². The number of thioether (sulfide) groups is 1. The van der Waals surface area contributed by atoms with Crippen molar-refractivity contribution in [1.82, 2.24) is 40.1 Å². The van der Waals surface area contributed by atoms with Crippen molar-refractivity contribution >= 4 is 111 Å². The highest BCUT2D eigenvalue weighted by Crippen LogP contribution is 2.34. The van der Waals surface area contributed by atoms with Gasteiger partial charge in [0.2, 0.25) is 11.1 Å². The normalized spacial score (nSPS) is 12.7. The van der Waals surface area contributed by atoms with Crippen molar-refractivity contribution in [2.75, 3.05) is 11.5 Å². The molecule has 0 spiro atoms. The molecule has 0 radical (unpaired) electrons. The zero-order valence-electron chi connectivity index (χ0n) is 41.6. The Kier molecular flexibility index (Phi) is 22.8. The van der Waals surface area contributed by atoms with Gasteiger partial charge in [-0.2, -0.15) is 20.4 Å². The van der Waals surface area contributed by atoms with Crippen LogP contribution in [0.25, 0.3) is 10.9 Å². The van der Waals surface area contributed by atoms with Gasteiger partial charge in [-0.1, -0.05) is 47.8 Å². The second-order valence-corrected chi connectivity index (χ2v) is 19.3. The fraction of sp³-hybridized carbons (Fsp3) is 0.163. The number of nitrogens with two attached hydrogens (primary N) is 1. The number of ketones is 1. The number of hydrogen-bond acceptors (Lipinski definition) is 23. The number of nitrogens with zero attached hydrogens (tertiary/aromatic N) is 12. The number of Topliss-reactive ketones (excluding diaryl/α,β-unsaturated/α-hetero) is 1. The van der Waals surface area contributed by atoms with Gasteiger partial charge in [0.25, 0.3) is 5.69 Å². The molecular weight excluding hydrogens is 1100 g/mol. The lowest BCUT2D eigenvalue weighted by Crippen LogP contribution is -2.18. The first-order chi connectivity index (χ1) is 37.7. The second kappa shape index (κ2) is 29.8. The molecule has 9 rings (SSSR count). The van der Waals surface area contributed by atoms with Gasteiger partial charge < -0.3 is 20.9 Å². The summed E-state index contributed by atoms with van der Waals surface area (Å²) in [6, 6.07) is 23.3. The van der Waals surface area contributed by atoms with Crippen LogP contribution in [-0.2, 0) is 9.59 Å². The summed E-state index contributed by atoms with van der Waals surface area (Å²) in [4.78, 5) is 85.4. The Labute approximate surface area is 465 Å². The summed E-state index contributed by atoms with van der Waals surface area (Å²) in [5, 5.41) is 75.1. The van der Waals surface area contributed by atoms with Crippen molar-refractivity contribution in [2.24, 2.45) is 10.2 Å². The number of aryl methyl sites for hydroxylation is 1. The number of anilines is 1. The number of aliphatic carboxylic acids is 1. The molecule has 79 heavy (non-hydrogen) atoms. The molecule has 6 aromatic heterocycles. The highest BCUT2D eigenvalue weighted by Gasteiger charge is 2.26. The van der Waals surface area contributed by atoms with E-state index in [1.165, 1.54) is 78.1 Å². The zero-order chi connectivity index (χ0) is 57.6. The number of rotatable bonds is 12. The molecule has 404 valence electrons. The number of carboxylic acids is 2. The minimum atomic E-state index is -1.14. The predicted octanol–water partition coefficient (Wildman–Crippen LogP) is 10.2. The Morgan fingerprint density at radius 3 is 2.08 bits per heavy atom. The number of allylic oxidation sites excluding steroid dienone is 4. The van der Waals surface area contributed by atoms with Crippen molar-refractivity contribution in [1.29, 1.82) is 5.26 Å². The molecular formula is C49H43N15O11S4. The van der Waals surface area contributed by atoms with Crippen LogP contribution >= 0.6 is 47.5 Å². The van der Waals surface area contributed by atoms with E-state index in [1.54, 1.807) is 6.08 Å². The highest BCUT2D eigenvalue weighted by molar-refractivity contribution is 8.00. The molecule has 0 amide bonds. The summed E-state index contributed by atoms with van der Waals surface area (Å²) in [5.74, 6) is -2.12. The van der Waals surface area contributed by atoms with Gasteiger partial charge in [-0.25, -0.2) is 29.8 Å². The maximum atomic E-state index is 11.7. The number of aromatic carboxylic acids is 1. The van der Waals surface area contributed by atoms with E-state index >= 15 is 0 Å². The number of nitrogens with one attached hydrogen (secondary N) is 2. The number of benzene rings is 1. The van der Waals surface area contributed by atoms with Crippen molar-refractivity contribution in [3.63, 3.8) is 0 Å². The Hall–Kier alpha value is -9.44. The average molecular weight is 1150 g/mol. The molecule has 1 aromatic carbocycles. The molecule has 0 atom stereocenters. The van der Waals surface area contributed by atoms with Gasteiger partial charge in [0, 0.05) is 59.8 Å². The van der Waals surface area contributed by atoms with Gasteiger partial charge >= 0.3 is 23.3 Å². The maximum Gasteiger partial charge on any atom is 0.338 e. The van der Waals surface area contributed by atoms with E-state index < -0.39 is 26.7 Å². The molecule has 6 heterocycles. The molecule has 2 aliphatic carbocycles. The van der Waals surface area contributed by atoms with E-state index in [9.17, 15) is 44.7 Å². The first-order valence-corrected chi connectivity index (χ1v) is 25.7. The van der Waals surface area contributed by atoms with E-state index in [0.29, 0.717) is 16.6 Å². The van der Waals surface area contributed by atoms with E-state index in [-0.39, 0.29) is 60.8 Å². The number of carbonyl (C=O) groups excluding carboxylic acids is 1. The lowest BCUT2D eigenvalue weighted by Gasteiger charge is -2.22. The third-order valence-corrected chi connectivity index (χ3v) is 13.1. The van der Waals surface area contributed by atoms with Crippen molar-refractivity contribution in [3.8, 4) is 6.07 Å². The summed E-state index contributed by atoms with van der Waals surface area (Å²) in [6.45, 7) is 5.86. The fourth-order valence-corrected chi connectivity index (χ4v) is 9.12. The molecule has 7 aromatic rings. The van der Waals surface area contributed by atoms with Crippen LogP contribution in [0, 0.1) is 53.2 Å². The molecule has 0 aliphatic heterocycles. The molecule has 0 unspecified atom stereocenters. The molecule has 2 aliphatic rings. The van der Waals surface area contributed by atoms with Gasteiger partial charge in [0.1, 0.15) is 21.9 Å². The number of carboxylic acid groups (broad SMARTS) is 2. The molecule has 26 nitrogen and oxygen atoms in total. The molecule has 0 saturated carbocycles. The fourth-order valence-electron chi connectivity index (χ4n) is 6.58. The van der Waals surface area contributed by atoms with Crippen LogP contribution in [0.5, 0.6) is 0 Å². The quantitative estimate of drug-likeness (QED) is 0.0249. The first kappa shape index (κ1) is 60.4. The van der Waals surface area contributed by atoms with Crippen LogP contribution in [0.15, 0.2) is 162 Å². The number of hydrogen-bond donors (Lipinski definition) is 5. The average Bonchev–Trinajstić information content (AvgIpc) is 3.84. The molecule has 0 fully saturated rings. The van der Waals surface area contributed by atoms with Gasteiger partial charge in [0.05, 0.1) is 42.4 Å². The Bertz CT molecular complexity index is 3600. The number of nitrogen functional groups attached to an aromatic ring is 1. The number of para-hydroxylation sites is 1. The molecule has 0 bridgehead atoms. The summed E-state index contributed by atoms with van der Waals surface area (Å²) < 4.78 is 0.797. The topological polar surface area (TPSA) is 405 Å². The van der Waals surface area contributed by atoms with Crippen LogP contribution < -0.4 is 5.73 Å². The molecule has 30 heteroatoms. The molecule has 6 N–H and O–H groups in total. The number of H-pyrrole nitrogens is 2. The number of aromatic amines is 2. The van der Waals surface area contributed by atoms with Gasteiger partial charge in [-0.3, -0.25) is 39.9 Å². The smallest absolute Gasteiger partial charge is 0.338 e. The monoisotopic (exact) mass is 1150 g/mol. The predicted molar refractivity (Wildman–Crippen MR) is 296 cm³/mol. The van der Waals surface area contributed by atoms with E-state index in [2.05, 4.69) is 63.3 Å². The third kappa shape index (κ3) is 18.7. The van der Waals surface area contributed by atoms with Crippen molar-refractivity contribution < 1.29 is 39.4 Å². The van der Waals surface area contributed by atoms with Crippen LogP contribution in [0.2, 0.25) is 0 Å². The van der Waals surface area contributed by atoms with Crippen molar-refractivity contribution in [3.05, 3.63) is 173 Å². The number of nitro groups is 3. The van der Waals surface area contributed by atoms with Crippen LogP contribution in [0.1, 0.15) is 55.5 Å². The van der Waals surface area contributed by atoms with Gasteiger partial charge in [-0.05, 0) is 123 Å². The lowest BCUT2D eigenvalue weighted by molar-refractivity contribution is -0.388. The largest absolute Gasteiger partial charge is 0.481 e. The SMILES string of the molecule is CC(C)=N/N=C1\CCCC2=C1C=C(C#N)C(=O)C2.Cc1cc(=S)[nH]c2ccccc12.Nc1nc(Sc2ncccc2[N+](=O)[O-])n[nH]1.O=C(O)CSc1ccc([N+](=O)[O-])cn1.O=C(O)c1cccnc1Sc1ncccc1[N+](=O)[O-]. The maximum absolute atomic E-state index is 11.7. The van der Waals surface area contributed by atoms with Gasteiger partial charge in [0.15, 0.2) is 15.8 Å². The summed E-state index contributed by atoms with van der Waals surface area (Å²) in [7, 11) is 0. The number of aromatic nitrogens is 8. The Balaban J connectivity index is 0.000000183. The summed E-state index contributed by atoms with van der Waals surface area (Å²) >= 11 is 7.92. The van der Waals surface area contributed by atoms with E-state index in [1.807, 2.05) is 44.2 Å². The minimum Gasteiger partial charge on any atom is -0.481 e. The summed E-state index contributed by atoms with van der Waals surface area (Å²) in [6.07, 6.45) is 10.2. The minimum absolute atomic E-state index is 0.0209. The third-order valence-electron chi connectivity index (χ3n) is 10.0. The van der Waals surface area contributed by atoms with E-state index in [4.69, 9.17) is 33.4 Å². The number of nitriles is 1. The Morgan fingerprint density at radius 1 is 0.861 bits per heavy atom.